The highest BCUT2D eigenvalue weighted by atomic mass is 35.5. The Balaban J connectivity index is 2.75. The number of hydrogen-bond donors (Lipinski definition) is 2. The maximum absolute atomic E-state index is 13.6. The van der Waals surface area contributed by atoms with Crippen molar-refractivity contribution in [1.82, 2.24) is 15.4 Å². The smallest absolute Gasteiger partial charge is 0.271 e. The number of primary amides is 1. The Morgan fingerprint density at radius 1 is 1.28 bits per heavy atom. The highest BCUT2D eigenvalue weighted by molar-refractivity contribution is 6.30. The molecule has 3 N–H and O–H groups in total. The topological polar surface area (TPSA) is 84.7 Å². The summed E-state index contributed by atoms with van der Waals surface area (Å²) >= 11 is 5.26. The molecular weight excluding hydrogens is 273 g/mol. The molecular formula is C9H4ClF3N4O. The Kier molecular flexibility index (Phi) is 2.95. The second-order valence-corrected chi connectivity index (χ2v) is 3.64. The van der Waals surface area contributed by atoms with Crippen LogP contribution in [0.3, 0.4) is 0 Å². The number of H-pyrrole nitrogens is 1. The van der Waals surface area contributed by atoms with Crippen molar-refractivity contribution < 1.29 is 18.0 Å². The number of hydrogen-bond acceptors (Lipinski definition) is 3. The molecule has 0 radical (unpaired) electrons. The van der Waals surface area contributed by atoms with Crippen molar-refractivity contribution >= 4 is 17.5 Å². The minimum Gasteiger partial charge on any atom is -0.364 e. The monoisotopic (exact) mass is 276 g/mol. The Hall–Kier alpha value is -2.09. The van der Waals surface area contributed by atoms with Crippen LogP contribution in [-0.2, 0) is 0 Å². The number of benzene rings is 1. The summed E-state index contributed by atoms with van der Waals surface area (Å²) in [5, 5.41) is 7.95. The first-order valence-corrected chi connectivity index (χ1v) is 4.85. The van der Waals surface area contributed by atoms with Crippen LogP contribution in [0.5, 0.6) is 0 Å². The van der Waals surface area contributed by atoms with Gasteiger partial charge in [-0.15, -0.1) is 0 Å². The molecule has 5 nitrogen and oxygen atoms in total. The molecule has 18 heavy (non-hydrogen) atoms. The van der Waals surface area contributed by atoms with Crippen LogP contribution in [-0.4, -0.2) is 21.3 Å². The number of rotatable bonds is 2. The molecule has 2 aromatic rings. The van der Waals surface area contributed by atoms with E-state index in [1.165, 1.54) is 0 Å². The second kappa shape index (κ2) is 4.30. The highest BCUT2D eigenvalue weighted by Gasteiger charge is 2.25. The maximum atomic E-state index is 13.6. The van der Waals surface area contributed by atoms with Gasteiger partial charge in [-0.2, -0.15) is 15.4 Å². The molecule has 1 aromatic carbocycles. The van der Waals surface area contributed by atoms with Crippen molar-refractivity contribution in [3.63, 3.8) is 0 Å². The lowest BCUT2D eigenvalue weighted by atomic mass is 10.1. The van der Waals surface area contributed by atoms with Gasteiger partial charge in [0.1, 0.15) is 11.5 Å². The number of carbonyl (C=O) groups excluding carboxylic acids is 1. The Labute approximate surface area is 103 Å². The van der Waals surface area contributed by atoms with E-state index in [2.05, 4.69) is 10.2 Å². The molecule has 1 aromatic heterocycles. The van der Waals surface area contributed by atoms with Crippen molar-refractivity contribution in [2.24, 2.45) is 5.73 Å². The number of nitrogens with zero attached hydrogens (tertiary/aromatic N) is 2. The van der Waals surface area contributed by atoms with Crippen molar-refractivity contribution in [3.8, 4) is 11.3 Å². The van der Waals surface area contributed by atoms with E-state index < -0.39 is 45.3 Å². The maximum Gasteiger partial charge on any atom is 0.271 e. The fraction of sp³-hybridized carbons (Fsp3) is 0. The van der Waals surface area contributed by atoms with Crippen LogP contribution in [0.25, 0.3) is 11.3 Å². The number of carbonyl (C=O) groups is 1. The third kappa shape index (κ3) is 1.80. The molecule has 0 unspecified atom stereocenters. The zero-order valence-corrected chi connectivity index (χ0v) is 9.23. The minimum absolute atomic E-state index is 0.505. The van der Waals surface area contributed by atoms with Crippen LogP contribution in [0.15, 0.2) is 6.07 Å². The third-order valence-corrected chi connectivity index (χ3v) is 2.41. The number of aromatic nitrogens is 3. The van der Waals surface area contributed by atoms with Gasteiger partial charge in [-0.3, -0.25) is 4.79 Å². The third-order valence-electron chi connectivity index (χ3n) is 2.13. The Morgan fingerprint density at radius 2 is 1.94 bits per heavy atom. The molecule has 0 aliphatic carbocycles. The minimum atomic E-state index is -1.57. The van der Waals surface area contributed by atoms with E-state index in [1.54, 1.807) is 0 Å². The van der Waals surface area contributed by atoms with Crippen LogP contribution in [0.1, 0.15) is 10.5 Å². The van der Waals surface area contributed by atoms with Gasteiger partial charge >= 0.3 is 0 Å². The van der Waals surface area contributed by atoms with E-state index in [1.807, 2.05) is 5.21 Å². The number of amides is 1. The van der Waals surface area contributed by atoms with E-state index >= 15 is 0 Å². The van der Waals surface area contributed by atoms with Gasteiger partial charge in [0.25, 0.3) is 5.91 Å². The van der Waals surface area contributed by atoms with Crippen molar-refractivity contribution in [2.75, 3.05) is 0 Å². The summed E-state index contributed by atoms with van der Waals surface area (Å²) in [5.74, 6) is -5.27. The lowest BCUT2D eigenvalue weighted by Gasteiger charge is -2.05. The fourth-order valence-electron chi connectivity index (χ4n) is 1.36. The highest BCUT2D eigenvalue weighted by Crippen LogP contribution is 2.31. The quantitative estimate of drug-likeness (QED) is 0.646. The van der Waals surface area contributed by atoms with E-state index in [-0.39, 0.29) is 0 Å². The molecule has 9 heteroatoms. The van der Waals surface area contributed by atoms with Crippen LogP contribution in [0.2, 0.25) is 5.02 Å². The molecule has 0 fully saturated rings. The molecule has 0 saturated heterocycles. The number of aromatic amines is 1. The second-order valence-electron chi connectivity index (χ2n) is 3.23. The molecule has 1 amide bonds. The zero-order chi connectivity index (χ0) is 13.4. The lowest BCUT2D eigenvalue weighted by Crippen LogP contribution is -2.13. The summed E-state index contributed by atoms with van der Waals surface area (Å²) in [6, 6.07) is 0.564. The SMILES string of the molecule is NC(=O)c1n[nH]nc1-c1c(F)cc(Cl)c(F)c1F. The summed E-state index contributed by atoms with van der Waals surface area (Å²) in [5.41, 5.74) is 3.05. The summed E-state index contributed by atoms with van der Waals surface area (Å²) in [6.07, 6.45) is 0. The molecule has 0 spiro atoms. The van der Waals surface area contributed by atoms with Gasteiger partial charge in [-0.05, 0) is 6.07 Å². The average molecular weight is 277 g/mol. The number of halogens is 4. The van der Waals surface area contributed by atoms with Gasteiger partial charge in [-0.1, -0.05) is 11.6 Å². The Bertz CT molecular complexity index is 643. The normalized spacial score (nSPS) is 10.7. The average Bonchev–Trinajstić information content (AvgIpc) is 2.75. The zero-order valence-electron chi connectivity index (χ0n) is 8.47. The molecule has 0 aliphatic heterocycles. The van der Waals surface area contributed by atoms with Crippen molar-refractivity contribution in [3.05, 3.63) is 34.2 Å². The molecule has 2 rings (SSSR count). The predicted molar refractivity (Wildman–Crippen MR) is 55.2 cm³/mol. The van der Waals surface area contributed by atoms with Gasteiger partial charge < -0.3 is 5.73 Å². The van der Waals surface area contributed by atoms with Gasteiger partial charge in [0.15, 0.2) is 17.3 Å². The van der Waals surface area contributed by atoms with Crippen molar-refractivity contribution in [1.29, 1.82) is 0 Å². The standard InChI is InChI=1S/C9H4ClF3N4O/c10-2-1-3(11)4(6(13)5(2)12)7-8(9(14)18)16-17-15-7/h1H,(H2,14,18)(H,15,16,17). The molecule has 0 saturated carbocycles. The summed E-state index contributed by atoms with van der Waals surface area (Å²) in [6.45, 7) is 0. The van der Waals surface area contributed by atoms with E-state index in [0.717, 1.165) is 0 Å². The molecule has 0 atom stereocenters. The summed E-state index contributed by atoms with van der Waals surface area (Å²) < 4.78 is 40.4. The van der Waals surface area contributed by atoms with Gasteiger partial charge in [0.2, 0.25) is 0 Å². The molecule has 0 bridgehead atoms. The van der Waals surface area contributed by atoms with Crippen LogP contribution < -0.4 is 5.73 Å². The van der Waals surface area contributed by atoms with Gasteiger partial charge in [0, 0.05) is 0 Å². The Morgan fingerprint density at radius 3 is 2.56 bits per heavy atom. The first kappa shape index (κ1) is 12.4. The van der Waals surface area contributed by atoms with Gasteiger partial charge in [-0.25, -0.2) is 13.2 Å². The largest absolute Gasteiger partial charge is 0.364 e. The van der Waals surface area contributed by atoms with E-state index in [4.69, 9.17) is 17.3 Å². The van der Waals surface area contributed by atoms with Crippen molar-refractivity contribution in [2.45, 2.75) is 0 Å². The fourth-order valence-corrected chi connectivity index (χ4v) is 1.54. The lowest BCUT2D eigenvalue weighted by molar-refractivity contribution is 0.0996. The summed E-state index contributed by atoms with van der Waals surface area (Å²) in [7, 11) is 0. The van der Waals surface area contributed by atoms with E-state index in [9.17, 15) is 18.0 Å². The van der Waals surface area contributed by atoms with Crippen LogP contribution >= 0.6 is 11.6 Å². The molecule has 1 heterocycles. The van der Waals surface area contributed by atoms with Crippen LogP contribution in [0.4, 0.5) is 13.2 Å². The predicted octanol–water partition coefficient (Wildman–Crippen LogP) is 1.64. The first-order valence-electron chi connectivity index (χ1n) is 4.47. The molecule has 0 aliphatic rings. The number of nitrogens with two attached hydrogens (primary N) is 1. The number of nitrogens with one attached hydrogen (secondary N) is 1. The summed E-state index contributed by atoms with van der Waals surface area (Å²) in [4.78, 5) is 11.0. The van der Waals surface area contributed by atoms with Gasteiger partial charge in [0.05, 0.1) is 10.6 Å². The van der Waals surface area contributed by atoms with E-state index in [0.29, 0.717) is 6.07 Å². The first-order chi connectivity index (χ1) is 8.43. The van der Waals surface area contributed by atoms with Crippen LogP contribution in [0, 0.1) is 17.5 Å². The molecule has 94 valence electrons.